The van der Waals surface area contributed by atoms with Crippen LogP contribution in [-0.2, 0) is 0 Å². The first-order chi connectivity index (χ1) is 9.43. The fourth-order valence-electron chi connectivity index (χ4n) is 2.36. The van der Waals surface area contributed by atoms with E-state index in [0.29, 0.717) is 0 Å². The lowest BCUT2D eigenvalue weighted by Gasteiger charge is -2.00. The molecule has 0 heteroatoms. The summed E-state index contributed by atoms with van der Waals surface area (Å²) in [5.74, 6) is 0. The lowest BCUT2D eigenvalue weighted by molar-refractivity contribution is 0.566. The predicted molar refractivity (Wildman–Crippen MR) is 87.3 cm³/mol. The fourth-order valence-corrected chi connectivity index (χ4v) is 2.36. The fraction of sp³-hybridized carbons (Fsp3) is 0.579. The van der Waals surface area contributed by atoms with Gasteiger partial charge in [0.05, 0.1) is 0 Å². The highest BCUT2D eigenvalue weighted by atomic mass is 14.0. The molecule has 0 radical (unpaired) electrons. The van der Waals surface area contributed by atoms with Gasteiger partial charge < -0.3 is 0 Å². The molecule has 0 aliphatic carbocycles. The Morgan fingerprint density at radius 2 is 1.32 bits per heavy atom. The predicted octanol–water partition coefficient (Wildman–Crippen LogP) is 6.62. The first-order valence-corrected chi connectivity index (χ1v) is 8.15. The maximum Gasteiger partial charge on any atom is -0.0260 e. The van der Waals surface area contributed by atoms with Crippen LogP contribution in [0.4, 0.5) is 0 Å². The van der Waals surface area contributed by atoms with Crippen LogP contribution in [0.2, 0.25) is 0 Å². The summed E-state index contributed by atoms with van der Waals surface area (Å²) < 4.78 is 0. The third kappa shape index (κ3) is 9.53. The smallest absolute Gasteiger partial charge is 0.0260 e. The Balaban J connectivity index is 1.87. The van der Waals surface area contributed by atoms with Crippen LogP contribution in [0.1, 0.15) is 76.7 Å². The maximum absolute atomic E-state index is 2.32. The van der Waals surface area contributed by atoms with Gasteiger partial charge in [0.2, 0.25) is 0 Å². The first kappa shape index (κ1) is 16.0. The van der Waals surface area contributed by atoms with Crippen LogP contribution in [-0.4, -0.2) is 0 Å². The largest absolute Gasteiger partial charge is 0.0839 e. The molecule has 0 saturated heterocycles. The van der Waals surface area contributed by atoms with Crippen molar-refractivity contribution >= 4 is 6.08 Å². The van der Waals surface area contributed by atoms with Gasteiger partial charge in [-0.25, -0.2) is 0 Å². The van der Waals surface area contributed by atoms with Crippen molar-refractivity contribution in [3.05, 3.63) is 42.0 Å². The van der Waals surface area contributed by atoms with Crippen molar-refractivity contribution in [2.75, 3.05) is 0 Å². The third-order valence-corrected chi connectivity index (χ3v) is 3.58. The summed E-state index contributed by atoms with van der Waals surface area (Å²) >= 11 is 0. The monoisotopic (exact) mass is 258 g/mol. The average Bonchev–Trinajstić information content (AvgIpc) is 2.46. The Kier molecular flexibility index (Phi) is 10.1. The van der Waals surface area contributed by atoms with Crippen molar-refractivity contribution < 1.29 is 0 Å². The highest BCUT2D eigenvalue weighted by molar-refractivity contribution is 5.48. The zero-order chi connectivity index (χ0) is 13.6. The van der Waals surface area contributed by atoms with E-state index in [1.165, 1.54) is 69.8 Å². The number of hydrogen-bond donors (Lipinski definition) is 0. The van der Waals surface area contributed by atoms with E-state index in [2.05, 4.69) is 49.4 Å². The van der Waals surface area contributed by atoms with Crippen LogP contribution in [0.25, 0.3) is 6.08 Å². The van der Waals surface area contributed by atoms with E-state index in [-0.39, 0.29) is 0 Å². The minimum atomic E-state index is 1.23. The van der Waals surface area contributed by atoms with E-state index in [0.717, 1.165) is 0 Å². The molecule has 106 valence electrons. The minimum Gasteiger partial charge on any atom is -0.0839 e. The van der Waals surface area contributed by atoms with Crippen LogP contribution >= 0.6 is 0 Å². The Morgan fingerprint density at radius 3 is 1.95 bits per heavy atom. The summed E-state index contributed by atoms with van der Waals surface area (Å²) in [7, 11) is 0. The highest BCUT2D eigenvalue weighted by Crippen LogP contribution is 2.11. The topological polar surface area (TPSA) is 0 Å². The number of benzene rings is 1. The van der Waals surface area contributed by atoms with Crippen molar-refractivity contribution in [1.82, 2.24) is 0 Å². The normalized spacial score (nSPS) is 11.2. The van der Waals surface area contributed by atoms with Crippen LogP contribution in [0, 0.1) is 0 Å². The van der Waals surface area contributed by atoms with E-state index >= 15 is 0 Å². The van der Waals surface area contributed by atoms with Gasteiger partial charge in [-0.05, 0) is 18.4 Å². The SMILES string of the molecule is CCCCCCCCCCC/C=C/c1ccccc1. The van der Waals surface area contributed by atoms with E-state index in [1.54, 1.807) is 0 Å². The van der Waals surface area contributed by atoms with E-state index in [9.17, 15) is 0 Å². The lowest BCUT2D eigenvalue weighted by atomic mass is 10.1. The molecule has 1 rings (SSSR count). The van der Waals surface area contributed by atoms with Gasteiger partial charge in [0.25, 0.3) is 0 Å². The van der Waals surface area contributed by atoms with Gasteiger partial charge in [-0.1, -0.05) is 101 Å². The summed E-state index contributed by atoms with van der Waals surface area (Å²) in [5, 5.41) is 0. The Labute approximate surface area is 119 Å². The molecule has 0 bridgehead atoms. The lowest BCUT2D eigenvalue weighted by Crippen LogP contribution is -1.80. The van der Waals surface area contributed by atoms with Gasteiger partial charge in [-0.3, -0.25) is 0 Å². The molecule has 1 aromatic carbocycles. The zero-order valence-corrected chi connectivity index (χ0v) is 12.6. The number of allylic oxidation sites excluding steroid dienone is 1. The van der Waals surface area contributed by atoms with Gasteiger partial charge in [0.15, 0.2) is 0 Å². The van der Waals surface area contributed by atoms with Crippen molar-refractivity contribution in [1.29, 1.82) is 0 Å². The summed E-state index contributed by atoms with van der Waals surface area (Å²) in [6.07, 6.45) is 18.5. The molecule has 0 fully saturated rings. The third-order valence-electron chi connectivity index (χ3n) is 3.58. The molecule has 0 heterocycles. The molecule has 0 amide bonds. The Bertz CT molecular complexity index is 310. The molecule has 0 aliphatic rings. The molecule has 0 nitrogen and oxygen atoms in total. The van der Waals surface area contributed by atoms with Crippen molar-refractivity contribution in [2.45, 2.75) is 71.1 Å². The molecule has 0 spiro atoms. The second kappa shape index (κ2) is 12.0. The van der Waals surface area contributed by atoms with Crippen molar-refractivity contribution in [3.63, 3.8) is 0 Å². The van der Waals surface area contributed by atoms with Crippen molar-refractivity contribution in [2.24, 2.45) is 0 Å². The van der Waals surface area contributed by atoms with Crippen LogP contribution < -0.4 is 0 Å². The molecule has 0 saturated carbocycles. The molecule has 0 aromatic heterocycles. The highest BCUT2D eigenvalue weighted by Gasteiger charge is 1.91. The van der Waals surface area contributed by atoms with Gasteiger partial charge in [-0.15, -0.1) is 0 Å². The van der Waals surface area contributed by atoms with Crippen LogP contribution in [0.5, 0.6) is 0 Å². The average molecular weight is 258 g/mol. The summed E-state index contributed by atoms with van der Waals surface area (Å²) in [6.45, 7) is 2.28. The number of unbranched alkanes of at least 4 members (excludes halogenated alkanes) is 9. The Hall–Kier alpha value is -1.04. The molecule has 0 aliphatic heterocycles. The van der Waals surface area contributed by atoms with Crippen LogP contribution in [0.15, 0.2) is 36.4 Å². The van der Waals surface area contributed by atoms with Gasteiger partial charge >= 0.3 is 0 Å². The summed E-state index contributed by atoms with van der Waals surface area (Å²) in [5.41, 5.74) is 1.32. The molecule has 1 aromatic rings. The van der Waals surface area contributed by atoms with E-state index < -0.39 is 0 Å². The summed E-state index contributed by atoms with van der Waals surface area (Å²) in [4.78, 5) is 0. The van der Waals surface area contributed by atoms with Gasteiger partial charge in [0, 0.05) is 0 Å². The number of hydrogen-bond acceptors (Lipinski definition) is 0. The maximum atomic E-state index is 2.32. The molecular formula is C19H30. The van der Waals surface area contributed by atoms with Crippen molar-refractivity contribution in [3.8, 4) is 0 Å². The Morgan fingerprint density at radius 1 is 0.737 bits per heavy atom. The van der Waals surface area contributed by atoms with E-state index in [4.69, 9.17) is 0 Å². The van der Waals surface area contributed by atoms with Gasteiger partial charge in [0.1, 0.15) is 0 Å². The zero-order valence-electron chi connectivity index (χ0n) is 12.6. The molecule has 19 heavy (non-hydrogen) atoms. The molecular weight excluding hydrogens is 228 g/mol. The molecule has 0 atom stereocenters. The second-order valence-corrected chi connectivity index (χ2v) is 5.43. The first-order valence-electron chi connectivity index (χ1n) is 8.15. The standard InChI is InChI=1S/C19H30/c1-2-3-4-5-6-7-8-9-10-11-13-16-19-17-14-12-15-18-19/h12-18H,2-11H2,1H3/b16-13+. The molecule has 0 unspecified atom stereocenters. The quantitative estimate of drug-likeness (QED) is 0.391. The second-order valence-electron chi connectivity index (χ2n) is 5.43. The summed E-state index contributed by atoms with van der Waals surface area (Å²) in [6, 6.07) is 10.6. The van der Waals surface area contributed by atoms with E-state index in [1.807, 2.05) is 0 Å². The minimum absolute atomic E-state index is 1.23. The van der Waals surface area contributed by atoms with Crippen LogP contribution in [0.3, 0.4) is 0 Å². The molecule has 0 N–H and O–H groups in total. The van der Waals surface area contributed by atoms with Gasteiger partial charge in [-0.2, -0.15) is 0 Å². The number of rotatable bonds is 11.